The monoisotopic (exact) mass is 299 g/mol. The first-order valence-electron chi connectivity index (χ1n) is 8.34. The molecule has 3 rings (SSSR count). The minimum Gasteiger partial charge on any atom is -0.491 e. The first kappa shape index (κ1) is 15.3. The van der Waals surface area contributed by atoms with Crippen molar-refractivity contribution < 1.29 is 9.47 Å². The van der Waals surface area contributed by atoms with E-state index in [4.69, 9.17) is 9.47 Å². The number of benzene rings is 2. The minimum atomic E-state index is 0.608. The molecule has 0 radical (unpaired) electrons. The molecular formula is C19H25NO2. The van der Waals surface area contributed by atoms with E-state index in [0.29, 0.717) is 19.3 Å². The van der Waals surface area contributed by atoms with Crippen LogP contribution >= 0.6 is 0 Å². The largest absolute Gasteiger partial charge is 0.491 e. The highest BCUT2D eigenvalue weighted by Gasteiger charge is 2.11. The highest BCUT2D eigenvalue weighted by molar-refractivity contribution is 5.83. The molecule has 0 amide bonds. The smallest absolute Gasteiger partial charge is 0.120 e. The van der Waals surface area contributed by atoms with Gasteiger partial charge in [0, 0.05) is 12.6 Å². The van der Waals surface area contributed by atoms with Crippen molar-refractivity contribution in [3.05, 3.63) is 42.5 Å². The lowest BCUT2D eigenvalue weighted by Gasteiger charge is -2.23. The molecule has 3 nitrogen and oxygen atoms in total. The lowest BCUT2D eigenvalue weighted by Crippen LogP contribution is -2.34. The van der Waals surface area contributed by atoms with Gasteiger partial charge < -0.3 is 14.8 Å². The van der Waals surface area contributed by atoms with Gasteiger partial charge in [-0.15, -0.1) is 0 Å². The zero-order chi connectivity index (χ0) is 15.0. The maximum atomic E-state index is 5.77. The number of fused-ring (bicyclic) bond motifs is 1. The van der Waals surface area contributed by atoms with Crippen LogP contribution in [-0.4, -0.2) is 32.4 Å². The maximum absolute atomic E-state index is 5.77. The third-order valence-corrected chi connectivity index (χ3v) is 4.24. The quantitative estimate of drug-likeness (QED) is 0.790. The average Bonchev–Trinajstić information content (AvgIpc) is 2.59. The molecule has 0 bridgehead atoms. The number of nitrogens with one attached hydrogen (secondary N) is 1. The van der Waals surface area contributed by atoms with E-state index in [2.05, 4.69) is 41.7 Å². The van der Waals surface area contributed by atoms with Gasteiger partial charge in [-0.05, 0) is 48.7 Å². The fraction of sp³-hybridized carbons (Fsp3) is 0.474. The highest BCUT2D eigenvalue weighted by atomic mass is 16.5. The Morgan fingerprint density at radius 3 is 2.73 bits per heavy atom. The lowest BCUT2D eigenvalue weighted by molar-refractivity contribution is 0.0911. The van der Waals surface area contributed by atoms with Crippen LogP contribution in [-0.2, 0) is 4.74 Å². The van der Waals surface area contributed by atoms with Gasteiger partial charge in [-0.25, -0.2) is 0 Å². The molecular weight excluding hydrogens is 274 g/mol. The molecule has 118 valence electrons. The minimum absolute atomic E-state index is 0.608. The summed E-state index contributed by atoms with van der Waals surface area (Å²) < 4.78 is 11.4. The average molecular weight is 299 g/mol. The summed E-state index contributed by atoms with van der Waals surface area (Å²) in [7, 11) is 0. The highest BCUT2D eigenvalue weighted by Crippen LogP contribution is 2.20. The molecule has 0 aromatic heterocycles. The predicted octanol–water partition coefficient (Wildman–Crippen LogP) is 3.77. The van der Waals surface area contributed by atoms with Crippen LogP contribution in [0.4, 0.5) is 0 Å². The third-order valence-electron chi connectivity index (χ3n) is 4.24. The van der Waals surface area contributed by atoms with Gasteiger partial charge >= 0.3 is 0 Å². The molecule has 1 aliphatic heterocycles. The molecule has 1 heterocycles. The third kappa shape index (κ3) is 4.46. The van der Waals surface area contributed by atoms with Gasteiger partial charge in [0.1, 0.15) is 12.4 Å². The fourth-order valence-electron chi connectivity index (χ4n) is 2.97. The van der Waals surface area contributed by atoms with Gasteiger partial charge in [0.2, 0.25) is 0 Å². The van der Waals surface area contributed by atoms with Crippen LogP contribution in [0.1, 0.15) is 25.7 Å². The van der Waals surface area contributed by atoms with Gasteiger partial charge in [0.15, 0.2) is 0 Å². The summed E-state index contributed by atoms with van der Waals surface area (Å²) in [4.78, 5) is 0. The Morgan fingerprint density at radius 2 is 1.86 bits per heavy atom. The van der Waals surface area contributed by atoms with E-state index >= 15 is 0 Å². The van der Waals surface area contributed by atoms with Crippen LogP contribution < -0.4 is 10.1 Å². The molecule has 0 aliphatic carbocycles. The molecule has 2 aromatic carbocycles. The molecule has 2 aromatic rings. The number of piperidine rings is 1. The van der Waals surface area contributed by atoms with Crippen molar-refractivity contribution >= 4 is 10.8 Å². The predicted molar refractivity (Wildman–Crippen MR) is 90.5 cm³/mol. The summed E-state index contributed by atoms with van der Waals surface area (Å²) in [6, 6.07) is 15.2. The number of hydrogen-bond donors (Lipinski definition) is 1. The van der Waals surface area contributed by atoms with Crippen LogP contribution in [0.5, 0.6) is 5.75 Å². The molecule has 1 aliphatic rings. The Kier molecular flexibility index (Phi) is 5.68. The lowest BCUT2D eigenvalue weighted by atomic mass is 10.0. The van der Waals surface area contributed by atoms with Crippen LogP contribution in [0.3, 0.4) is 0 Å². The van der Waals surface area contributed by atoms with E-state index in [9.17, 15) is 0 Å². The second kappa shape index (κ2) is 8.16. The molecule has 3 heteroatoms. The Balaban J connectivity index is 1.33. The van der Waals surface area contributed by atoms with E-state index in [1.54, 1.807) is 0 Å². The Morgan fingerprint density at radius 1 is 0.955 bits per heavy atom. The van der Waals surface area contributed by atoms with E-state index < -0.39 is 0 Å². The van der Waals surface area contributed by atoms with Crippen molar-refractivity contribution in [2.24, 2.45) is 0 Å². The van der Waals surface area contributed by atoms with Crippen molar-refractivity contribution in [1.82, 2.24) is 5.32 Å². The fourth-order valence-corrected chi connectivity index (χ4v) is 2.97. The zero-order valence-electron chi connectivity index (χ0n) is 13.1. The van der Waals surface area contributed by atoms with E-state index in [1.165, 1.54) is 30.0 Å². The summed E-state index contributed by atoms with van der Waals surface area (Å²) in [5.74, 6) is 0.913. The molecule has 22 heavy (non-hydrogen) atoms. The SMILES string of the molecule is c1ccc2cc(OCCOCCC3CCCCN3)ccc2c1. The van der Waals surface area contributed by atoms with Crippen LogP contribution in [0, 0.1) is 0 Å². The van der Waals surface area contributed by atoms with Crippen LogP contribution in [0.15, 0.2) is 42.5 Å². The summed E-state index contributed by atoms with van der Waals surface area (Å²) >= 11 is 0. The molecule has 1 N–H and O–H groups in total. The topological polar surface area (TPSA) is 30.5 Å². The first-order chi connectivity index (χ1) is 10.9. The maximum Gasteiger partial charge on any atom is 0.120 e. The standard InChI is InChI=1S/C19H25NO2/c1-2-6-17-15-19(9-8-16(17)5-1)22-14-13-21-12-10-18-7-3-4-11-20-18/h1-2,5-6,8-9,15,18,20H,3-4,7,10-14H2. The molecule has 1 saturated heterocycles. The van der Waals surface area contributed by atoms with Crippen LogP contribution in [0.2, 0.25) is 0 Å². The normalized spacial score (nSPS) is 18.5. The summed E-state index contributed by atoms with van der Waals surface area (Å²) in [6.45, 7) is 3.24. The van der Waals surface area contributed by atoms with Gasteiger partial charge in [0.05, 0.1) is 6.61 Å². The van der Waals surface area contributed by atoms with Crippen molar-refractivity contribution in [1.29, 1.82) is 0 Å². The number of rotatable bonds is 7. The van der Waals surface area contributed by atoms with E-state index in [0.717, 1.165) is 25.3 Å². The summed E-state index contributed by atoms with van der Waals surface area (Å²) in [5.41, 5.74) is 0. The van der Waals surface area contributed by atoms with E-state index in [-0.39, 0.29) is 0 Å². The molecule has 1 fully saturated rings. The zero-order valence-corrected chi connectivity index (χ0v) is 13.1. The molecule has 0 saturated carbocycles. The van der Waals surface area contributed by atoms with E-state index in [1.807, 2.05) is 6.07 Å². The van der Waals surface area contributed by atoms with Crippen molar-refractivity contribution in [3.8, 4) is 5.75 Å². The van der Waals surface area contributed by atoms with Gasteiger partial charge in [-0.1, -0.05) is 36.8 Å². The Hall–Kier alpha value is -1.58. The second-order valence-electron chi connectivity index (χ2n) is 5.91. The molecule has 1 unspecified atom stereocenters. The van der Waals surface area contributed by atoms with Crippen LogP contribution in [0.25, 0.3) is 10.8 Å². The van der Waals surface area contributed by atoms with Gasteiger partial charge in [-0.2, -0.15) is 0 Å². The number of ether oxygens (including phenoxy) is 2. The van der Waals surface area contributed by atoms with Gasteiger partial charge in [-0.3, -0.25) is 0 Å². The summed E-state index contributed by atoms with van der Waals surface area (Å²) in [6.07, 6.45) is 5.06. The van der Waals surface area contributed by atoms with Gasteiger partial charge in [0.25, 0.3) is 0 Å². The number of hydrogen-bond acceptors (Lipinski definition) is 3. The van der Waals surface area contributed by atoms with Crippen molar-refractivity contribution in [3.63, 3.8) is 0 Å². The van der Waals surface area contributed by atoms with Crippen molar-refractivity contribution in [2.45, 2.75) is 31.7 Å². The summed E-state index contributed by atoms with van der Waals surface area (Å²) in [5, 5.41) is 6.00. The second-order valence-corrected chi connectivity index (χ2v) is 5.91. The molecule has 1 atom stereocenters. The first-order valence-corrected chi connectivity index (χ1v) is 8.34. The molecule has 0 spiro atoms. The Labute approximate surface area is 132 Å². The Bertz CT molecular complexity index is 578. The van der Waals surface area contributed by atoms with Crippen molar-refractivity contribution in [2.75, 3.05) is 26.4 Å².